The molecular formula is C21H12N2O5S. The first-order chi connectivity index (χ1) is 14.0. The predicted molar refractivity (Wildman–Crippen MR) is 112 cm³/mol. The molecule has 0 amide bonds. The molecule has 0 saturated heterocycles. The summed E-state index contributed by atoms with van der Waals surface area (Å²) in [5, 5.41) is 22.5. The number of benzene rings is 3. The van der Waals surface area contributed by atoms with Crippen molar-refractivity contribution in [2.75, 3.05) is 0 Å². The highest BCUT2D eigenvalue weighted by atomic mass is 32.1. The summed E-state index contributed by atoms with van der Waals surface area (Å²) >= 11 is 1.40. The summed E-state index contributed by atoms with van der Waals surface area (Å²) in [5.41, 5.74) is 1.33. The lowest BCUT2D eigenvalue weighted by Crippen LogP contribution is -2.06. The van der Waals surface area contributed by atoms with E-state index in [1.807, 2.05) is 12.1 Å². The van der Waals surface area contributed by atoms with E-state index >= 15 is 0 Å². The molecule has 3 aromatic carbocycles. The van der Waals surface area contributed by atoms with Gasteiger partial charge in [0.25, 0.3) is 11.4 Å². The van der Waals surface area contributed by atoms with Crippen LogP contribution < -0.4 is 5.43 Å². The first-order valence-electron chi connectivity index (χ1n) is 8.51. The molecule has 142 valence electrons. The Balaban J connectivity index is 1.99. The van der Waals surface area contributed by atoms with Crippen LogP contribution in [0.2, 0.25) is 0 Å². The number of nitro benzene ring substituents is 2. The van der Waals surface area contributed by atoms with Crippen LogP contribution in [-0.4, -0.2) is 9.85 Å². The molecule has 29 heavy (non-hydrogen) atoms. The van der Waals surface area contributed by atoms with E-state index in [2.05, 4.69) is 0 Å². The molecule has 0 atom stereocenters. The van der Waals surface area contributed by atoms with Crippen LogP contribution in [0.1, 0.15) is 0 Å². The number of rotatable bonds is 4. The van der Waals surface area contributed by atoms with Crippen LogP contribution in [0.5, 0.6) is 0 Å². The largest absolute Gasteiger partial charge is 0.288 e. The number of nitro groups is 2. The van der Waals surface area contributed by atoms with Gasteiger partial charge in [0.15, 0.2) is 5.43 Å². The first-order valence-corrected chi connectivity index (χ1v) is 9.33. The summed E-state index contributed by atoms with van der Waals surface area (Å²) in [6.45, 7) is 0. The maximum Gasteiger partial charge on any atom is 0.269 e. The second kappa shape index (κ2) is 7.25. The van der Waals surface area contributed by atoms with E-state index in [0.717, 1.165) is 4.70 Å². The minimum absolute atomic E-state index is 0.0428. The highest BCUT2D eigenvalue weighted by Crippen LogP contribution is 2.37. The SMILES string of the molecule is O=c1c(-c2ccc([N+](=O)[O-])cc2)c(-c2ccc([N+](=O)[O-])cc2)sc2ccccc12. The molecule has 4 rings (SSSR count). The van der Waals surface area contributed by atoms with Crippen molar-refractivity contribution in [2.24, 2.45) is 0 Å². The van der Waals surface area contributed by atoms with E-state index in [1.54, 1.807) is 36.4 Å². The topological polar surface area (TPSA) is 103 Å². The molecule has 0 aliphatic carbocycles. The Kier molecular flexibility index (Phi) is 4.61. The number of hydrogen-bond donors (Lipinski definition) is 0. The van der Waals surface area contributed by atoms with Gasteiger partial charge in [0.1, 0.15) is 0 Å². The van der Waals surface area contributed by atoms with Crippen LogP contribution in [0, 0.1) is 20.2 Å². The van der Waals surface area contributed by atoms with Crippen molar-refractivity contribution in [3.8, 4) is 21.6 Å². The third kappa shape index (κ3) is 3.37. The minimum Gasteiger partial charge on any atom is -0.288 e. The Bertz CT molecular complexity index is 1310. The van der Waals surface area contributed by atoms with Crippen LogP contribution in [0.4, 0.5) is 11.4 Å². The number of non-ortho nitro benzene ring substituents is 2. The van der Waals surface area contributed by atoms with E-state index in [4.69, 9.17) is 0 Å². The molecule has 0 spiro atoms. The van der Waals surface area contributed by atoms with Gasteiger partial charge in [-0.25, -0.2) is 0 Å². The molecule has 4 aromatic rings. The molecule has 7 nitrogen and oxygen atoms in total. The van der Waals surface area contributed by atoms with E-state index in [-0.39, 0.29) is 16.8 Å². The van der Waals surface area contributed by atoms with Crippen molar-refractivity contribution >= 4 is 32.8 Å². The third-order valence-electron chi connectivity index (χ3n) is 4.50. The number of hydrogen-bond acceptors (Lipinski definition) is 6. The molecule has 0 unspecified atom stereocenters. The van der Waals surface area contributed by atoms with Crippen molar-refractivity contribution in [1.82, 2.24) is 0 Å². The second-order valence-corrected chi connectivity index (χ2v) is 7.29. The van der Waals surface area contributed by atoms with Crippen LogP contribution in [0.15, 0.2) is 77.6 Å². The average molecular weight is 404 g/mol. The Morgan fingerprint density at radius 3 is 1.76 bits per heavy atom. The van der Waals surface area contributed by atoms with Gasteiger partial charge in [-0.2, -0.15) is 0 Å². The molecule has 0 aliphatic rings. The Hall–Kier alpha value is -3.91. The van der Waals surface area contributed by atoms with E-state index in [0.29, 0.717) is 27.0 Å². The van der Waals surface area contributed by atoms with Gasteiger partial charge in [0.05, 0.1) is 9.85 Å². The molecule has 1 heterocycles. The van der Waals surface area contributed by atoms with Gasteiger partial charge in [-0.05, 0) is 47.5 Å². The zero-order valence-corrected chi connectivity index (χ0v) is 15.6. The molecule has 0 bridgehead atoms. The fraction of sp³-hybridized carbons (Fsp3) is 0. The van der Waals surface area contributed by atoms with Crippen molar-refractivity contribution in [3.05, 3.63) is 103 Å². The summed E-state index contributed by atoms with van der Waals surface area (Å²) in [6.07, 6.45) is 0. The molecule has 0 fully saturated rings. The van der Waals surface area contributed by atoms with Crippen molar-refractivity contribution in [3.63, 3.8) is 0 Å². The van der Waals surface area contributed by atoms with Gasteiger partial charge >= 0.3 is 0 Å². The molecule has 1 aromatic heterocycles. The highest BCUT2D eigenvalue weighted by molar-refractivity contribution is 7.22. The second-order valence-electron chi connectivity index (χ2n) is 6.24. The predicted octanol–water partition coefficient (Wildman–Crippen LogP) is 5.41. The fourth-order valence-electron chi connectivity index (χ4n) is 3.09. The van der Waals surface area contributed by atoms with Gasteiger partial charge in [-0.15, -0.1) is 11.3 Å². The minimum atomic E-state index is -0.498. The molecule has 0 saturated carbocycles. The smallest absolute Gasteiger partial charge is 0.269 e. The monoisotopic (exact) mass is 404 g/mol. The standard InChI is InChI=1S/C21H12N2O5S/c24-20-17-3-1-2-4-18(17)29-21(14-7-11-16(12-8-14)23(27)28)19(20)13-5-9-15(10-6-13)22(25)26/h1-12H. The normalized spacial score (nSPS) is 10.8. The van der Waals surface area contributed by atoms with E-state index < -0.39 is 9.85 Å². The van der Waals surface area contributed by atoms with Crippen LogP contribution in [0.25, 0.3) is 31.7 Å². The number of fused-ring (bicyclic) bond motifs is 1. The van der Waals surface area contributed by atoms with Crippen LogP contribution in [0.3, 0.4) is 0 Å². The average Bonchev–Trinajstić information content (AvgIpc) is 2.74. The molecule has 0 N–H and O–H groups in total. The van der Waals surface area contributed by atoms with Crippen LogP contribution in [-0.2, 0) is 0 Å². The van der Waals surface area contributed by atoms with Gasteiger partial charge in [-0.1, -0.05) is 12.1 Å². The van der Waals surface area contributed by atoms with E-state index in [1.165, 1.54) is 35.6 Å². The molecule has 8 heteroatoms. The summed E-state index contributed by atoms with van der Waals surface area (Å²) in [7, 11) is 0. The van der Waals surface area contributed by atoms with Crippen molar-refractivity contribution in [2.45, 2.75) is 0 Å². The van der Waals surface area contributed by atoms with Gasteiger partial charge < -0.3 is 0 Å². The number of nitrogens with zero attached hydrogens (tertiary/aromatic N) is 2. The van der Waals surface area contributed by atoms with Gasteiger partial charge in [0, 0.05) is 44.8 Å². The lowest BCUT2D eigenvalue weighted by atomic mass is 10.00. The molecular weight excluding hydrogens is 392 g/mol. The molecule has 0 radical (unpaired) electrons. The summed E-state index contributed by atoms with van der Waals surface area (Å²) in [5.74, 6) is 0. The molecule has 0 aliphatic heterocycles. The maximum absolute atomic E-state index is 13.3. The van der Waals surface area contributed by atoms with Crippen molar-refractivity contribution < 1.29 is 9.85 Å². The lowest BCUT2D eigenvalue weighted by molar-refractivity contribution is -0.385. The summed E-state index contributed by atoms with van der Waals surface area (Å²) in [6, 6.07) is 19.0. The maximum atomic E-state index is 13.3. The zero-order valence-electron chi connectivity index (χ0n) is 14.8. The Labute approximate surface area is 167 Å². The first kappa shape index (κ1) is 18.5. The Morgan fingerprint density at radius 1 is 0.690 bits per heavy atom. The van der Waals surface area contributed by atoms with Crippen molar-refractivity contribution in [1.29, 1.82) is 0 Å². The summed E-state index contributed by atoms with van der Waals surface area (Å²) in [4.78, 5) is 34.9. The third-order valence-corrected chi connectivity index (χ3v) is 5.72. The van der Waals surface area contributed by atoms with E-state index in [9.17, 15) is 25.0 Å². The quantitative estimate of drug-likeness (QED) is 0.334. The van der Waals surface area contributed by atoms with Crippen LogP contribution >= 0.6 is 11.3 Å². The fourth-order valence-corrected chi connectivity index (χ4v) is 4.30. The zero-order chi connectivity index (χ0) is 20.5. The van der Waals surface area contributed by atoms with Gasteiger partial charge in [-0.3, -0.25) is 25.0 Å². The summed E-state index contributed by atoms with van der Waals surface area (Å²) < 4.78 is 0.788. The van der Waals surface area contributed by atoms with Gasteiger partial charge in [0.2, 0.25) is 0 Å². The Morgan fingerprint density at radius 2 is 1.21 bits per heavy atom. The lowest BCUT2D eigenvalue weighted by Gasteiger charge is -2.11. The highest BCUT2D eigenvalue weighted by Gasteiger charge is 2.18.